The Balaban J connectivity index is 1.60. The second-order valence-corrected chi connectivity index (χ2v) is 11.1. The van der Waals surface area contributed by atoms with Gasteiger partial charge in [0.25, 0.3) is 0 Å². The molecule has 35 heavy (non-hydrogen) atoms. The number of Topliss-reactive ketones (excluding diaryl/α,β-unsaturated/α-hetero) is 1. The van der Waals surface area contributed by atoms with Gasteiger partial charge in [0.05, 0.1) is 10.8 Å². The summed E-state index contributed by atoms with van der Waals surface area (Å²) in [5.74, 6) is -1.39. The van der Waals surface area contributed by atoms with E-state index in [9.17, 15) is 14.4 Å². The molecule has 7 heteroatoms. The topological polar surface area (TPSA) is 78.5 Å². The Kier molecular flexibility index (Phi) is 4.14. The van der Waals surface area contributed by atoms with E-state index in [0.29, 0.717) is 11.4 Å². The van der Waals surface area contributed by atoms with Gasteiger partial charge in [-0.05, 0) is 67.4 Å². The van der Waals surface area contributed by atoms with Gasteiger partial charge in [0.2, 0.25) is 11.8 Å². The summed E-state index contributed by atoms with van der Waals surface area (Å²) in [5, 5.41) is 8.14. The van der Waals surface area contributed by atoms with E-state index in [2.05, 4.69) is 15.5 Å². The molecule has 0 radical (unpaired) electrons. The van der Waals surface area contributed by atoms with Gasteiger partial charge in [0.15, 0.2) is 5.78 Å². The maximum Gasteiger partial charge on any atom is 0.250 e. The number of aryl methyl sites for hydroxylation is 1. The molecule has 2 amide bonds. The number of thiophene rings is 1. The number of ketones is 1. The number of para-hydroxylation sites is 1. The van der Waals surface area contributed by atoms with Crippen molar-refractivity contribution in [3.8, 4) is 0 Å². The van der Waals surface area contributed by atoms with Gasteiger partial charge in [-0.2, -0.15) is 0 Å². The summed E-state index contributed by atoms with van der Waals surface area (Å²) in [7, 11) is 0. The van der Waals surface area contributed by atoms with E-state index in [1.54, 1.807) is 0 Å². The summed E-state index contributed by atoms with van der Waals surface area (Å²) >= 11 is 1.37. The molecule has 1 aromatic heterocycles. The fourth-order valence-electron chi connectivity index (χ4n) is 7.42. The standard InChI is InChI=1S/C28H25N3O3S/c1-15-11-12-18-22(16(15)2)30-26(34)28(18)24(23(32)20-9-6-14-35-20)27(21-10-5-13-31(21)28)17-7-3-4-8-19(17)29-25(27)33/h3-4,6-9,11-12,14,21,24H,5,10,13H2,1-2H3,(H,29,33)(H,30,34)/t21-,24+,27+,28+/m1/s1. The maximum atomic E-state index is 14.5. The molecule has 5 heterocycles. The van der Waals surface area contributed by atoms with Crippen LogP contribution in [0.25, 0.3) is 0 Å². The van der Waals surface area contributed by atoms with Gasteiger partial charge in [-0.25, -0.2) is 0 Å². The summed E-state index contributed by atoms with van der Waals surface area (Å²) in [4.78, 5) is 45.7. The molecule has 0 saturated carbocycles. The van der Waals surface area contributed by atoms with Crippen molar-refractivity contribution in [2.45, 2.75) is 43.7 Å². The van der Waals surface area contributed by atoms with Gasteiger partial charge in [-0.3, -0.25) is 19.3 Å². The first-order chi connectivity index (χ1) is 16.9. The number of anilines is 2. The highest BCUT2D eigenvalue weighted by Crippen LogP contribution is 2.66. The Bertz CT molecular complexity index is 1450. The van der Waals surface area contributed by atoms with Gasteiger partial charge in [0.1, 0.15) is 11.0 Å². The lowest BCUT2D eigenvalue weighted by molar-refractivity contribution is -0.128. The number of hydrogen-bond donors (Lipinski definition) is 2. The molecule has 6 nitrogen and oxygen atoms in total. The zero-order valence-corrected chi connectivity index (χ0v) is 20.4. The molecule has 4 atom stereocenters. The van der Waals surface area contributed by atoms with E-state index in [0.717, 1.165) is 46.5 Å². The van der Waals surface area contributed by atoms with Gasteiger partial charge in [-0.15, -0.1) is 11.3 Å². The summed E-state index contributed by atoms with van der Waals surface area (Å²) in [5.41, 5.74) is 2.87. The molecule has 4 aliphatic heterocycles. The molecular weight excluding hydrogens is 458 g/mol. The van der Waals surface area contributed by atoms with E-state index in [1.165, 1.54) is 11.3 Å². The fraction of sp³-hybridized carbons (Fsp3) is 0.321. The van der Waals surface area contributed by atoms with Crippen LogP contribution in [0.5, 0.6) is 0 Å². The summed E-state index contributed by atoms with van der Waals surface area (Å²) in [6, 6.07) is 15.1. The van der Waals surface area contributed by atoms with Crippen LogP contribution in [0.2, 0.25) is 0 Å². The molecule has 176 valence electrons. The molecule has 0 bridgehead atoms. The van der Waals surface area contributed by atoms with Crippen molar-refractivity contribution in [1.82, 2.24) is 4.90 Å². The lowest BCUT2D eigenvalue weighted by Gasteiger charge is -2.38. The second-order valence-electron chi connectivity index (χ2n) is 10.1. The summed E-state index contributed by atoms with van der Waals surface area (Å²) in [6.45, 7) is 4.69. The molecule has 0 unspecified atom stereocenters. The first kappa shape index (κ1) is 21.0. The van der Waals surface area contributed by atoms with Crippen LogP contribution in [-0.2, 0) is 20.5 Å². The van der Waals surface area contributed by atoms with Crippen molar-refractivity contribution in [2.24, 2.45) is 5.92 Å². The van der Waals surface area contributed by atoms with Crippen molar-refractivity contribution >= 4 is 40.3 Å². The molecule has 2 aromatic carbocycles. The molecule has 3 aromatic rings. The van der Waals surface area contributed by atoms with Crippen molar-refractivity contribution < 1.29 is 14.4 Å². The molecule has 2 N–H and O–H groups in total. The van der Waals surface area contributed by atoms with Crippen LogP contribution in [-0.4, -0.2) is 35.1 Å². The van der Waals surface area contributed by atoms with Crippen molar-refractivity contribution in [1.29, 1.82) is 0 Å². The number of rotatable bonds is 2. The minimum atomic E-state index is -1.25. The second kappa shape index (κ2) is 6.89. The fourth-order valence-corrected chi connectivity index (χ4v) is 8.12. The average molecular weight is 484 g/mol. The third-order valence-corrected chi connectivity index (χ3v) is 9.74. The van der Waals surface area contributed by atoms with E-state index >= 15 is 0 Å². The Morgan fingerprint density at radius 3 is 2.63 bits per heavy atom. The monoisotopic (exact) mass is 483 g/mol. The third-order valence-electron chi connectivity index (χ3n) is 8.86. The lowest BCUT2D eigenvalue weighted by atomic mass is 9.60. The molecule has 2 spiro atoms. The highest BCUT2D eigenvalue weighted by atomic mass is 32.1. The predicted octanol–water partition coefficient (Wildman–Crippen LogP) is 4.38. The van der Waals surface area contributed by atoms with E-state index in [-0.39, 0.29) is 23.6 Å². The maximum absolute atomic E-state index is 14.5. The quantitative estimate of drug-likeness (QED) is 0.531. The number of nitrogens with zero attached hydrogens (tertiary/aromatic N) is 1. The Morgan fingerprint density at radius 2 is 1.83 bits per heavy atom. The summed E-state index contributed by atoms with van der Waals surface area (Å²) in [6.07, 6.45) is 1.63. The normalized spacial score (nSPS) is 30.5. The number of fused-ring (bicyclic) bond motifs is 7. The number of amides is 2. The van der Waals surface area contributed by atoms with Crippen LogP contribution in [0, 0.1) is 19.8 Å². The summed E-state index contributed by atoms with van der Waals surface area (Å²) < 4.78 is 0. The zero-order chi connectivity index (χ0) is 24.1. The SMILES string of the molecule is Cc1ccc2c(c1C)NC(=O)[C@@]21[C@@H](C(=O)c2cccs2)[C@@]2(C(=O)Nc3ccccc32)[C@H]2CCCN21. The molecule has 2 saturated heterocycles. The van der Waals surface area contributed by atoms with E-state index in [4.69, 9.17) is 0 Å². The van der Waals surface area contributed by atoms with Crippen LogP contribution < -0.4 is 10.6 Å². The minimum Gasteiger partial charge on any atom is -0.325 e. The molecule has 2 fully saturated rings. The van der Waals surface area contributed by atoms with E-state index < -0.39 is 16.9 Å². The molecule has 0 aliphatic carbocycles. The van der Waals surface area contributed by atoms with Crippen molar-refractivity contribution in [2.75, 3.05) is 17.2 Å². The van der Waals surface area contributed by atoms with Crippen molar-refractivity contribution in [3.63, 3.8) is 0 Å². The first-order valence-electron chi connectivity index (χ1n) is 12.1. The average Bonchev–Trinajstić information content (AvgIpc) is 3.65. The van der Waals surface area contributed by atoms with Crippen LogP contribution in [0.1, 0.15) is 44.8 Å². The zero-order valence-electron chi connectivity index (χ0n) is 19.6. The largest absolute Gasteiger partial charge is 0.325 e. The number of hydrogen-bond acceptors (Lipinski definition) is 5. The predicted molar refractivity (Wildman–Crippen MR) is 135 cm³/mol. The van der Waals surface area contributed by atoms with E-state index in [1.807, 2.05) is 67.8 Å². The Hall–Kier alpha value is -3.29. The number of carbonyl (C=O) groups excluding carboxylic acids is 3. The highest BCUT2D eigenvalue weighted by Gasteiger charge is 2.78. The highest BCUT2D eigenvalue weighted by molar-refractivity contribution is 7.12. The van der Waals surface area contributed by atoms with Crippen LogP contribution >= 0.6 is 11.3 Å². The van der Waals surface area contributed by atoms with Gasteiger partial charge < -0.3 is 10.6 Å². The minimum absolute atomic E-state index is 0.137. The number of nitrogens with one attached hydrogen (secondary N) is 2. The van der Waals surface area contributed by atoms with Crippen LogP contribution in [0.3, 0.4) is 0 Å². The molecule has 7 rings (SSSR count). The molecule has 4 aliphatic rings. The van der Waals surface area contributed by atoms with Crippen LogP contribution in [0.15, 0.2) is 53.9 Å². The number of carbonyl (C=O) groups is 3. The number of benzene rings is 2. The van der Waals surface area contributed by atoms with Crippen LogP contribution in [0.4, 0.5) is 11.4 Å². The first-order valence-corrected chi connectivity index (χ1v) is 13.0. The molecular formula is C28H25N3O3S. The smallest absolute Gasteiger partial charge is 0.250 e. The lowest BCUT2D eigenvalue weighted by Crippen LogP contribution is -2.55. The Morgan fingerprint density at radius 1 is 1.00 bits per heavy atom. The van der Waals surface area contributed by atoms with Gasteiger partial charge >= 0.3 is 0 Å². The van der Waals surface area contributed by atoms with Gasteiger partial charge in [0, 0.05) is 23.0 Å². The Labute approximate surface area is 207 Å². The van der Waals surface area contributed by atoms with Gasteiger partial charge in [-0.1, -0.05) is 36.4 Å². The van der Waals surface area contributed by atoms with Crippen molar-refractivity contribution in [3.05, 3.63) is 81.0 Å². The third kappa shape index (κ3) is 2.27.